The number of fused-ring (bicyclic) bond motifs is 1. The summed E-state index contributed by atoms with van der Waals surface area (Å²) in [4.78, 5) is 16.7. The SMILES string of the molecule is O=C(Nc1nc(-c2ccc3c(c2)OCO3)cs1)C1CCCCS1(=O)=O. The predicted molar refractivity (Wildman–Crippen MR) is 93.7 cm³/mol. The maximum atomic E-state index is 12.3. The van der Waals surface area contributed by atoms with E-state index in [0.717, 1.165) is 12.0 Å². The van der Waals surface area contributed by atoms with E-state index < -0.39 is 21.0 Å². The van der Waals surface area contributed by atoms with Crippen LogP contribution >= 0.6 is 11.3 Å². The number of amides is 1. The number of anilines is 1. The molecule has 2 aliphatic rings. The van der Waals surface area contributed by atoms with Gasteiger partial charge >= 0.3 is 0 Å². The number of aromatic nitrogens is 1. The molecule has 25 heavy (non-hydrogen) atoms. The van der Waals surface area contributed by atoms with Crippen LogP contribution in [-0.2, 0) is 14.6 Å². The van der Waals surface area contributed by atoms with Crippen LogP contribution in [0, 0.1) is 0 Å². The highest BCUT2D eigenvalue weighted by Crippen LogP contribution is 2.36. The molecule has 7 nitrogen and oxygen atoms in total. The molecule has 1 amide bonds. The van der Waals surface area contributed by atoms with E-state index in [1.807, 2.05) is 23.6 Å². The van der Waals surface area contributed by atoms with Crippen molar-refractivity contribution in [1.82, 2.24) is 4.98 Å². The number of nitrogens with zero attached hydrogens (tertiary/aromatic N) is 1. The van der Waals surface area contributed by atoms with E-state index in [1.165, 1.54) is 11.3 Å². The second-order valence-corrected chi connectivity index (χ2v) is 9.11. The normalized spacial score (nSPS) is 21.0. The maximum absolute atomic E-state index is 12.3. The molecule has 1 saturated heterocycles. The largest absolute Gasteiger partial charge is 0.454 e. The number of thiazole rings is 1. The third-order valence-electron chi connectivity index (χ3n) is 4.27. The molecule has 1 aromatic carbocycles. The van der Waals surface area contributed by atoms with E-state index in [4.69, 9.17) is 9.47 Å². The zero-order chi connectivity index (χ0) is 17.4. The summed E-state index contributed by atoms with van der Waals surface area (Å²) in [5, 5.41) is 3.87. The first-order chi connectivity index (χ1) is 12.0. The number of carbonyl (C=O) groups excluding carboxylic acids is 1. The number of hydrogen-bond acceptors (Lipinski definition) is 7. The quantitative estimate of drug-likeness (QED) is 0.879. The molecule has 4 rings (SSSR count). The molecule has 1 unspecified atom stereocenters. The summed E-state index contributed by atoms with van der Waals surface area (Å²) in [6, 6.07) is 5.50. The fraction of sp³-hybridized carbons (Fsp3) is 0.375. The molecule has 1 aromatic heterocycles. The Kier molecular flexibility index (Phi) is 4.12. The highest BCUT2D eigenvalue weighted by atomic mass is 32.2. The van der Waals surface area contributed by atoms with Crippen molar-refractivity contribution in [3.05, 3.63) is 23.6 Å². The minimum absolute atomic E-state index is 0.0748. The fourth-order valence-corrected chi connectivity index (χ4v) is 5.48. The Morgan fingerprint density at radius 3 is 2.92 bits per heavy atom. The fourth-order valence-electron chi connectivity index (χ4n) is 2.95. The molecule has 1 fully saturated rings. The minimum Gasteiger partial charge on any atom is -0.454 e. The Balaban J connectivity index is 1.51. The summed E-state index contributed by atoms with van der Waals surface area (Å²) < 4.78 is 34.7. The van der Waals surface area contributed by atoms with Crippen molar-refractivity contribution < 1.29 is 22.7 Å². The van der Waals surface area contributed by atoms with Crippen molar-refractivity contribution in [3.8, 4) is 22.8 Å². The van der Waals surface area contributed by atoms with Crippen molar-refractivity contribution in [2.24, 2.45) is 0 Å². The second kappa shape index (κ2) is 6.30. The van der Waals surface area contributed by atoms with E-state index in [0.29, 0.717) is 35.2 Å². The van der Waals surface area contributed by atoms with Crippen LogP contribution in [0.2, 0.25) is 0 Å². The summed E-state index contributed by atoms with van der Waals surface area (Å²) in [5.74, 6) is 0.927. The van der Waals surface area contributed by atoms with Crippen LogP contribution in [-0.4, -0.2) is 37.1 Å². The zero-order valence-corrected chi connectivity index (χ0v) is 14.9. The Morgan fingerprint density at radius 2 is 2.08 bits per heavy atom. The standard InChI is InChI=1S/C16H16N2O5S2/c19-15(14-3-1-2-6-25(14,20)21)18-16-17-11(8-24-16)10-4-5-12-13(7-10)23-9-22-12/h4-5,7-8,14H,1-3,6,9H2,(H,17,18,19). The number of benzene rings is 1. The molecular formula is C16H16N2O5S2. The van der Waals surface area contributed by atoms with Gasteiger partial charge in [0.15, 0.2) is 26.5 Å². The van der Waals surface area contributed by atoms with E-state index >= 15 is 0 Å². The molecule has 132 valence electrons. The van der Waals surface area contributed by atoms with E-state index in [1.54, 1.807) is 0 Å². The van der Waals surface area contributed by atoms with Gasteiger partial charge in [0, 0.05) is 10.9 Å². The highest BCUT2D eigenvalue weighted by molar-refractivity contribution is 7.92. The Bertz CT molecular complexity index is 922. The summed E-state index contributed by atoms with van der Waals surface area (Å²) in [6.45, 7) is 0.201. The summed E-state index contributed by atoms with van der Waals surface area (Å²) in [7, 11) is -3.36. The molecule has 2 aromatic rings. The maximum Gasteiger partial charge on any atom is 0.244 e. The van der Waals surface area contributed by atoms with Crippen LogP contribution in [0.5, 0.6) is 11.5 Å². The number of hydrogen-bond donors (Lipinski definition) is 1. The topological polar surface area (TPSA) is 94.6 Å². The Morgan fingerprint density at radius 1 is 1.24 bits per heavy atom. The van der Waals surface area contributed by atoms with Gasteiger partial charge in [0.1, 0.15) is 5.25 Å². The molecular weight excluding hydrogens is 364 g/mol. The van der Waals surface area contributed by atoms with Crippen molar-refractivity contribution in [3.63, 3.8) is 0 Å². The number of rotatable bonds is 3. The van der Waals surface area contributed by atoms with Crippen LogP contribution in [0.4, 0.5) is 5.13 Å². The number of ether oxygens (including phenoxy) is 2. The first-order valence-corrected chi connectivity index (χ1v) is 10.5. The average Bonchev–Trinajstić information content (AvgIpc) is 3.22. The first kappa shape index (κ1) is 16.3. The van der Waals surface area contributed by atoms with Gasteiger partial charge in [0.2, 0.25) is 12.7 Å². The van der Waals surface area contributed by atoms with E-state index in [9.17, 15) is 13.2 Å². The van der Waals surface area contributed by atoms with Gasteiger partial charge < -0.3 is 14.8 Å². The van der Waals surface area contributed by atoms with Crippen molar-refractivity contribution in [1.29, 1.82) is 0 Å². The van der Waals surface area contributed by atoms with Gasteiger partial charge in [-0.1, -0.05) is 6.42 Å². The molecule has 0 radical (unpaired) electrons. The molecule has 3 heterocycles. The van der Waals surface area contributed by atoms with Crippen molar-refractivity contribution in [2.75, 3.05) is 17.9 Å². The lowest BCUT2D eigenvalue weighted by Gasteiger charge is -2.20. The summed E-state index contributed by atoms with van der Waals surface area (Å²) in [5.41, 5.74) is 1.52. The smallest absolute Gasteiger partial charge is 0.244 e. The number of sulfone groups is 1. The van der Waals surface area contributed by atoms with Crippen LogP contribution < -0.4 is 14.8 Å². The zero-order valence-electron chi connectivity index (χ0n) is 13.2. The molecule has 0 saturated carbocycles. The monoisotopic (exact) mass is 380 g/mol. The summed E-state index contributed by atoms with van der Waals surface area (Å²) >= 11 is 1.26. The molecule has 1 N–H and O–H groups in total. The predicted octanol–water partition coefficient (Wildman–Crippen LogP) is 2.44. The van der Waals surface area contributed by atoms with Gasteiger partial charge in [-0.15, -0.1) is 11.3 Å². The Labute approximate surface area is 148 Å². The van der Waals surface area contributed by atoms with Crippen LogP contribution in [0.25, 0.3) is 11.3 Å². The molecule has 1 atom stereocenters. The van der Waals surface area contributed by atoms with Crippen molar-refractivity contribution in [2.45, 2.75) is 24.5 Å². The third-order valence-corrected chi connectivity index (χ3v) is 7.21. The van der Waals surface area contributed by atoms with Gasteiger partial charge in [-0.2, -0.15) is 0 Å². The van der Waals surface area contributed by atoms with Crippen LogP contribution in [0.1, 0.15) is 19.3 Å². The lowest BCUT2D eigenvalue weighted by atomic mass is 10.1. The summed E-state index contributed by atoms with van der Waals surface area (Å²) in [6.07, 6.45) is 1.74. The van der Waals surface area contributed by atoms with Gasteiger partial charge in [-0.25, -0.2) is 13.4 Å². The second-order valence-electron chi connectivity index (χ2n) is 5.95. The molecule has 0 bridgehead atoms. The third kappa shape index (κ3) is 3.21. The first-order valence-electron chi connectivity index (χ1n) is 7.91. The lowest BCUT2D eigenvalue weighted by molar-refractivity contribution is -0.116. The Hall–Kier alpha value is -2.13. The highest BCUT2D eigenvalue weighted by Gasteiger charge is 2.35. The molecule has 0 aliphatic carbocycles. The van der Waals surface area contributed by atoms with Crippen LogP contribution in [0.15, 0.2) is 23.6 Å². The van der Waals surface area contributed by atoms with E-state index in [-0.39, 0.29) is 12.5 Å². The van der Waals surface area contributed by atoms with Gasteiger partial charge in [-0.3, -0.25) is 4.79 Å². The van der Waals surface area contributed by atoms with E-state index in [2.05, 4.69) is 10.3 Å². The van der Waals surface area contributed by atoms with Gasteiger partial charge in [-0.05, 0) is 31.0 Å². The van der Waals surface area contributed by atoms with Crippen molar-refractivity contribution >= 4 is 32.2 Å². The molecule has 2 aliphatic heterocycles. The van der Waals surface area contributed by atoms with Crippen LogP contribution in [0.3, 0.4) is 0 Å². The lowest BCUT2D eigenvalue weighted by Crippen LogP contribution is -2.39. The van der Waals surface area contributed by atoms with Gasteiger partial charge in [0.05, 0.1) is 11.4 Å². The molecule has 9 heteroatoms. The number of nitrogens with one attached hydrogen (secondary N) is 1. The number of carbonyl (C=O) groups is 1. The minimum atomic E-state index is -3.36. The molecule has 0 spiro atoms. The van der Waals surface area contributed by atoms with Gasteiger partial charge in [0.25, 0.3) is 0 Å². The average molecular weight is 380 g/mol.